The van der Waals surface area contributed by atoms with Gasteiger partial charge in [-0.15, -0.1) is 0 Å². The molecule has 2 atom stereocenters. The van der Waals surface area contributed by atoms with Gasteiger partial charge < -0.3 is 10.2 Å². The molecule has 0 saturated carbocycles. The molecule has 0 aliphatic carbocycles. The first-order valence-electron chi connectivity index (χ1n) is 9.36. The van der Waals surface area contributed by atoms with Gasteiger partial charge in [-0.2, -0.15) is 0 Å². The Kier molecular flexibility index (Phi) is 13.6. The van der Waals surface area contributed by atoms with Gasteiger partial charge in [0, 0.05) is 0 Å². The number of rotatable bonds is 4. The standard InChI is InChI=1S/C7H12O2.2C7H6O2.2Hg/c1-5-3-7(8)4-6(2)9-5;2*8-7(9)6-4-2-1-3-5-6;;/h5-8H,1-4H2;2*1-5H,(H,8,9);;. The van der Waals surface area contributed by atoms with Crippen molar-refractivity contribution in [1.29, 1.82) is 0 Å². The Morgan fingerprint density at radius 2 is 1.14 bits per heavy atom. The average molecular weight is 774 g/mol. The zero-order chi connectivity index (χ0) is 21.6. The van der Waals surface area contributed by atoms with Crippen LogP contribution < -0.4 is 0 Å². The van der Waals surface area contributed by atoms with Crippen LogP contribution in [0.3, 0.4) is 0 Å². The number of carbonyl (C=O) groups is 2. The van der Waals surface area contributed by atoms with Crippen molar-refractivity contribution >= 4 is 11.9 Å². The third-order valence-corrected chi connectivity index (χ3v) is 9.15. The molecule has 3 N–H and O–H groups in total. The fourth-order valence-electron chi connectivity index (χ4n) is 2.62. The normalized spacial score (nSPS) is 20.4. The summed E-state index contributed by atoms with van der Waals surface area (Å²) in [5, 5.41) is 26.2. The van der Waals surface area contributed by atoms with Crippen molar-refractivity contribution in [1.82, 2.24) is 0 Å². The zero-order valence-corrected chi connectivity index (χ0v) is 27.3. The first-order valence-corrected chi connectivity index (χ1v) is 17.1. The second kappa shape index (κ2) is 15.0. The van der Waals surface area contributed by atoms with Crippen LogP contribution in [0.15, 0.2) is 60.7 Å². The molecule has 1 aliphatic rings. The molecule has 148 valence electrons. The van der Waals surface area contributed by atoms with Crippen LogP contribution in [0.4, 0.5) is 0 Å². The molecule has 1 fully saturated rings. The van der Waals surface area contributed by atoms with Crippen molar-refractivity contribution in [3.05, 3.63) is 71.8 Å². The van der Waals surface area contributed by atoms with Gasteiger partial charge in [0.15, 0.2) is 0 Å². The summed E-state index contributed by atoms with van der Waals surface area (Å²) in [5.41, 5.74) is 0.662. The quantitative estimate of drug-likeness (QED) is 0.411. The van der Waals surface area contributed by atoms with Crippen LogP contribution in [0.25, 0.3) is 0 Å². The average Bonchev–Trinajstić information content (AvgIpc) is 2.75. The van der Waals surface area contributed by atoms with E-state index in [1.54, 1.807) is 60.7 Å². The summed E-state index contributed by atoms with van der Waals surface area (Å²) in [6.45, 7) is 0. The zero-order valence-electron chi connectivity index (χ0n) is 16.3. The number of carboxylic acids is 2. The Hall–Kier alpha value is -0.830. The maximum atomic E-state index is 10.2. The number of carboxylic acid groups (broad SMARTS) is 2. The van der Waals surface area contributed by atoms with Gasteiger partial charge >= 0.3 is 113 Å². The summed E-state index contributed by atoms with van der Waals surface area (Å²) in [5.74, 6) is -1.76. The van der Waals surface area contributed by atoms with E-state index in [0.29, 0.717) is 23.3 Å². The monoisotopic (exact) mass is 776 g/mol. The Morgan fingerprint density at radius 1 is 0.793 bits per heavy atom. The van der Waals surface area contributed by atoms with E-state index in [1.807, 2.05) is 0 Å². The molecular weight excluding hydrogens is 749 g/mol. The van der Waals surface area contributed by atoms with Gasteiger partial charge in [0.1, 0.15) is 0 Å². The number of aromatic carboxylic acids is 2. The Balaban J connectivity index is 0.000000219. The fourth-order valence-corrected chi connectivity index (χ4v) is 5.51. The molecule has 0 spiro atoms. The molecule has 1 heterocycles. The number of ether oxygens (including phenoxy) is 1. The molecule has 3 rings (SSSR count). The maximum absolute atomic E-state index is 10.2. The minimum absolute atomic E-state index is 0.0640. The predicted molar refractivity (Wildman–Crippen MR) is 100 cm³/mol. The first kappa shape index (κ1) is 26.2. The molecule has 2 aromatic carbocycles. The van der Waals surface area contributed by atoms with Gasteiger partial charge in [-0.1, -0.05) is 36.4 Å². The SMILES string of the molecule is O=C(O)c1ccccc1.O=C(O)c1ccccc1.OC1CC([CH2][Hg])OC([CH2][Hg])C1. The van der Waals surface area contributed by atoms with E-state index >= 15 is 0 Å². The van der Waals surface area contributed by atoms with E-state index in [-0.39, 0.29) is 6.10 Å². The summed E-state index contributed by atoms with van der Waals surface area (Å²) in [7, 11) is 0. The van der Waals surface area contributed by atoms with Crippen LogP contribution in [0, 0.1) is 0 Å². The molecule has 1 saturated heterocycles. The third-order valence-electron chi connectivity index (χ3n) is 4.14. The van der Waals surface area contributed by atoms with Crippen molar-refractivity contribution in [3.63, 3.8) is 0 Å². The van der Waals surface area contributed by atoms with E-state index in [4.69, 9.17) is 14.9 Å². The molecule has 29 heavy (non-hydrogen) atoms. The van der Waals surface area contributed by atoms with Crippen LogP contribution in [-0.4, -0.2) is 45.6 Å². The van der Waals surface area contributed by atoms with Crippen molar-refractivity contribution in [3.8, 4) is 0 Å². The topological polar surface area (TPSA) is 104 Å². The number of hydrogen-bond donors (Lipinski definition) is 3. The van der Waals surface area contributed by atoms with Crippen molar-refractivity contribution < 1.29 is 81.9 Å². The van der Waals surface area contributed by atoms with Crippen LogP contribution in [-0.2, 0) is 57.0 Å². The molecule has 0 amide bonds. The molecule has 8 heteroatoms. The van der Waals surface area contributed by atoms with Crippen LogP contribution >= 0.6 is 0 Å². The van der Waals surface area contributed by atoms with Crippen LogP contribution in [0.5, 0.6) is 0 Å². The molecule has 0 radical (unpaired) electrons. The van der Waals surface area contributed by atoms with Gasteiger partial charge in [0.25, 0.3) is 0 Å². The second-order valence-corrected chi connectivity index (χ2v) is 10.9. The summed E-state index contributed by atoms with van der Waals surface area (Å²) in [6.07, 6.45) is 2.55. The molecule has 1 aliphatic heterocycles. The van der Waals surface area contributed by atoms with E-state index < -0.39 is 11.9 Å². The Bertz CT molecular complexity index is 665. The molecule has 2 aromatic rings. The van der Waals surface area contributed by atoms with E-state index in [0.717, 1.165) is 65.1 Å². The van der Waals surface area contributed by atoms with Crippen molar-refractivity contribution in [2.45, 2.75) is 39.0 Å². The Morgan fingerprint density at radius 3 is 1.38 bits per heavy atom. The van der Waals surface area contributed by atoms with Crippen molar-refractivity contribution in [2.75, 3.05) is 0 Å². The first-order chi connectivity index (χ1) is 13.9. The predicted octanol–water partition coefficient (Wildman–Crippen LogP) is 3.59. The number of benzene rings is 2. The summed E-state index contributed by atoms with van der Waals surface area (Å²) >= 11 is 1.65. The Labute approximate surface area is 203 Å². The number of aliphatic hydroxyl groups excluding tert-OH is 1. The molecule has 0 aromatic heterocycles. The van der Waals surface area contributed by atoms with E-state index in [2.05, 4.69) is 0 Å². The molecule has 2 unspecified atom stereocenters. The molecule has 6 nitrogen and oxygen atoms in total. The van der Waals surface area contributed by atoms with Crippen LogP contribution in [0.1, 0.15) is 33.6 Å². The van der Waals surface area contributed by atoms with Crippen LogP contribution in [0.2, 0.25) is 7.86 Å². The van der Waals surface area contributed by atoms with Gasteiger partial charge in [-0.25, -0.2) is 9.59 Å². The number of aliphatic hydroxyl groups is 1. The van der Waals surface area contributed by atoms with Gasteiger partial charge in [0.2, 0.25) is 0 Å². The second-order valence-electron chi connectivity index (χ2n) is 6.43. The number of hydrogen-bond acceptors (Lipinski definition) is 4. The fraction of sp³-hybridized carbons (Fsp3) is 0.333. The van der Waals surface area contributed by atoms with Gasteiger partial charge in [0.05, 0.1) is 11.1 Å². The van der Waals surface area contributed by atoms with Gasteiger partial charge in [-0.3, -0.25) is 0 Å². The minimum atomic E-state index is -0.879. The van der Waals surface area contributed by atoms with Gasteiger partial charge in [-0.05, 0) is 24.3 Å². The molecule has 0 bridgehead atoms. The van der Waals surface area contributed by atoms with E-state index in [9.17, 15) is 14.7 Å². The summed E-state index contributed by atoms with van der Waals surface area (Å²) < 4.78 is 8.27. The van der Waals surface area contributed by atoms with E-state index in [1.165, 1.54) is 7.86 Å². The molecular formula is C21H24Hg2O6. The van der Waals surface area contributed by atoms with Crippen molar-refractivity contribution in [2.24, 2.45) is 0 Å². The summed E-state index contributed by atoms with van der Waals surface area (Å²) in [4.78, 5) is 20.4. The summed E-state index contributed by atoms with van der Waals surface area (Å²) in [6, 6.07) is 16.6. The third kappa shape index (κ3) is 11.2.